The molecule has 4 atom stereocenters. The van der Waals surface area contributed by atoms with Gasteiger partial charge in [-0.1, -0.05) is 12.1 Å². The van der Waals surface area contributed by atoms with Crippen molar-refractivity contribution in [2.45, 2.75) is 24.6 Å². The maximum absolute atomic E-state index is 13.2. The van der Waals surface area contributed by atoms with Crippen molar-refractivity contribution in [2.24, 2.45) is 11.8 Å². The van der Waals surface area contributed by atoms with Crippen LogP contribution in [-0.2, 0) is 4.79 Å². The molecule has 0 radical (unpaired) electrons. The SMILES string of the molecule is O=C(O)[C@@H]1CN(C(=O)N[C@@H]2C[C@H]2c2cccc(F)c2)C[C@H]1C(F)(F)F. The normalized spacial score (nSPS) is 28.7. The molecule has 1 heterocycles. The summed E-state index contributed by atoms with van der Waals surface area (Å²) in [6, 6.07) is 4.91. The van der Waals surface area contributed by atoms with E-state index in [-0.39, 0.29) is 12.0 Å². The molecule has 1 aliphatic heterocycles. The molecule has 0 bridgehead atoms. The van der Waals surface area contributed by atoms with Crippen molar-refractivity contribution in [3.63, 3.8) is 0 Å². The molecule has 0 spiro atoms. The predicted octanol–water partition coefficient (Wildman–Crippen LogP) is 2.59. The molecule has 2 amide bonds. The third-order valence-electron chi connectivity index (χ3n) is 4.72. The second kappa shape index (κ2) is 6.20. The molecule has 136 valence electrons. The number of benzene rings is 1. The molecule has 0 aromatic heterocycles. The van der Waals surface area contributed by atoms with Crippen LogP contribution in [0.1, 0.15) is 17.9 Å². The Kier molecular flexibility index (Phi) is 4.34. The van der Waals surface area contributed by atoms with E-state index in [0.717, 1.165) is 4.90 Å². The molecule has 2 N–H and O–H groups in total. The average Bonchev–Trinajstić information content (AvgIpc) is 3.10. The zero-order valence-corrected chi connectivity index (χ0v) is 13.0. The summed E-state index contributed by atoms with van der Waals surface area (Å²) in [5, 5.41) is 11.6. The first-order valence-corrected chi connectivity index (χ1v) is 7.77. The van der Waals surface area contributed by atoms with Gasteiger partial charge in [-0.25, -0.2) is 9.18 Å². The molecule has 1 aromatic carbocycles. The van der Waals surface area contributed by atoms with Gasteiger partial charge in [-0.3, -0.25) is 4.79 Å². The highest BCUT2D eigenvalue weighted by Crippen LogP contribution is 2.42. The molecule has 2 aliphatic rings. The molecule has 1 saturated heterocycles. The van der Waals surface area contributed by atoms with Crippen molar-refractivity contribution in [3.05, 3.63) is 35.6 Å². The van der Waals surface area contributed by atoms with E-state index >= 15 is 0 Å². The number of rotatable bonds is 3. The van der Waals surface area contributed by atoms with Crippen molar-refractivity contribution in [1.82, 2.24) is 10.2 Å². The number of carboxylic acids is 1. The number of alkyl halides is 3. The highest BCUT2D eigenvalue weighted by atomic mass is 19.4. The Morgan fingerprint density at radius 2 is 1.96 bits per heavy atom. The lowest BCUT2D eigenvalue weighted by Crippen LogP contribution is -2.41. The van der Waals surface area contributed by atoms with Gasteiger partial charge in [-0.2, -0.15) is 13.2 Å². The minimum Gasteiger partial charge on any atom is -0.481 e. The molecule has 25 heavy (non-hydrogen) atoms. The largest absolute Gasteiger partial charge is 0.481 e. The lowest BCUT2D eigenvalue weighted by atomic mass is 9.96. The molecular weight excluding hydrogens is 344 g/mol. The Hall–Kier alpha value is -2.32. The zero-order valence-electron chi connectivity index (χ0n) is 13.0. The van der Waals surface area contributed by atoms with Gasteiger partial charge in [0.15, 0.2) is 0 Å². The predicted molar refractivity (Wildman–Crippen MR) is 78.3 cm³/mol. The number of hydrogen-bond donors (Lipinski definition) is 2. The Labute approximate surface area is 140 Å². The average molecular weight is 360 g/mol. The molecular formula is C16H16F4N2O3. The summed E-state index contributed by atoms with van der Waals surface area (Å²) in [6.45, 7) is -1.16. The van der Waals surface area contributed by atoms with Gasteiger partial charge in [0.2, 0.25) is 0 Å². The van der Waals surface area contributed by atoms with E-state index in [0.29, 0.717) is 12.0 Å². The van der Waals surface area contributed by atoms with Crippen molar-refractivity contribution in [2.75, 3.05) is 13.1 Å². The first-order chi connectivity index (χ1) is 11.7. The molecule has 1 saturated carbocycles. The number of carboxylic acid groups (broad SMARTS) is 1. The second-order valence-corrected chi connectivity index (χ2v) is 6.45. The van der Waals surface area contributed by atoms with Crippen LogP contribution in [0.5, 0.6) is 0 Å². The Morgan fingerprint density at radius 1 is 1.24 bits per heavy atom. The second-order valence-electron chi connectivity index (χ2n) is 6.45. The summed E-state index contributed by atoms with van der Waals surface area (Å²) in [4.78, 5) is 24.1. The molecule has 1 aliphatic carbocycles. The quantitative estimate of drug-likeness (QED) is 0.814. The number of urea groups is 1. The Balaban J connectivity index is 1.60. The summed E-state index contributed by atoms with van der Waals surface area (Å²) >= 11 is 0. The molecule has 2 fully saturated rings. The number of nitrogens with zero attached hydrogens (tertiary/aromatic N) is 1. The smallest absolute Gasteiger partial charge is 0.394 e. The van der Waals surface area contributed by atoms with E-state index in [4.69, 9.17) is 5.11 Å². The van der Waals surface area contributed by atoms with Crippen LogP contribution < -0.4 is 5.32 Å². The summed E-state index contributed by atoms with van der Waals surface area (Å²) < 4.78 is 52.0. The van der Waals surface area contributed by atoms with Gasteiger partial charge in [0.05, 0.1) is 11.8 Å². The fraction of sp³-hybridized carbons (Fsp3) is 0.500. The molecule has 0 unspecified atom stereocenters. The van der Waals surface area contributed by atoms with E-state index in [9.17, 15) is 27.2 Å². The van der Waals surface area contributed by atoms with Gasteiger partial charge in [-0.05, 0) is 24.1 Å². The zero-order chi connectivity index (χ0) is 18.4. The third kappa shape index (κ3) is 3.69. The maximum Gasteiger partial charge on any atom is 0.394 e. The van der Waals surface area contributed by atoms with Crippen LogP contribution in [0.3, 0.4) is 0 Å². The van der Waals surface area contributed by atoms with E-state index < -0.39 is 48.9 Å². The van der Waals surface area contributed by atoms with Crippen LogP contribution in [0.4, 0.5) is 22.4 Å². The van der Waals surface area contributed by atoms with E-state index in [1.165, 1.54) is 12.1 Å². The fourth-order valence-corrected chi connectivity index (χ4v) is 3.26. The summed E-state index contributed by atoms with van der Waals surface area (Å²) in [6.07, 6.45) is -4.12. The first-order valence-electron chi connectivity index (χ1n) is 7.77. The van der Waals surface area contributed by atoms with E-state index in [1.54, 1.807) is 12.1 Å². The summed E-state index contributed by atoms with van der Waals surface area (Å²) in [5.74, 6) is -5.79. The van der Waals surface area contributed by atoms with Crippen LogP contribution in [0, 0.1) is 17.7 Å². The molecule has 3 rings (SSSR count). The van der Waals surface area contributed by atoms with Crippen molar-refractivity contribution in [1.29, 1.82) is 0 Å². The molecule has 5 nitrogen and oxygen atoms in total. The minimum absolute atomic E-state index is 0.0871. The van der Waals surface area contributed by atoms with Crippen molar-refractivity contribution in [3.8, 4) is 0 Å². The van der Waals surface area contributed by atoms with Crippen LogP contribution >= 0.6 is 0 Å². The van der Waals surface area contributed by atoms with Gasteiger partial charge in [0.1, 0.15) is 5.82 Å². The monoisotopic (exact) mass is 360 g/mol. The maximum atomic E-state index is 13.2. The van der Waals surface area contributed by atoms with Gasteiger partial charge in [-0.15, -0.1) is 0 Å². The Bertz CT molecular complexity index is 694. The molecule has 9 heteroatoms. The van der Waals surface area contributed by atoms with Gasteiger partial charge >= 0.3 is 18.2 Å². The van der Waals surface area contributed by atoms with Gasteiger partial charge in [0.25, 0.3) is 0 Å². The first kappa shape index (κ1) is 17.5. The highest BCUT2D eigenvalue weighted by molar-refractivity contribution is 5.78. The topological polar surface area (TPSA) is 69.6 Å². The number of aliphatic carboxylic acids is 1. The number of hydrogen-bond acceptors (Lipinski definition) is 2. The van der Waals surface area contributed by atoms with E-state index in [2.05, 4.69) is 5.32 Å². The van der Waals surface area contributed by atoms with Crippen LogP contribution in [0.15, 0.2) is 24.3 Å². The highest BCUT2D eigenvalue weighted by Gasteiger charge is 2.54. The standard InChI is InChI=1S/C16H16F4N2O3/c17-9-3-1-2-8(4-9)10-5-13(10)21-15(25)22-6-11(14(23)24)12(7-22)16(18,19)20/h1-4,10-13H,5-7H2,(H,21,25)(H,23,24)/t10-,11+,12+,13+/m0/s1. The lowest BCUT2D eigenvalue weighted by molar-refractivity contribution is -0.187. The third-order valence-corrected chi connectivity index (χ3v) is 4.72. The molecule has 1 aromatic rings. The minimum atomic E-state index is -4.68. The van der Waals surface area contributed by atoms with Crippen molar-refractivity contribution < 1.29 is 32.3 Å². The number of likely N-dealkylation sites (tertiary alicyclic amines) is 1. The summed E-state index contributed by atoms with van der Waals surface area (Å²) in [7, 11) is 0. The van der Waals surface area contributed by atoms with Crippen molar-refractivity contribution >= 4 is 12.0 Å². The number of halogens is 4. The lowest BCUT2D eigenvalue weighted by Gasteiger charge is -2.18. The van der Waals surface area contributed by atoms with Gasteiger partial charge < -0.3 is 15.3 Å². The van der Waals surface area contributed by atoms with E-state index in [1.807, 2.05) is 0 Å². The van der Waals surface area contributed by atoms with Crippen LogP contribution in [0.2, 0.25) is 0 Å². The Morgan fingerprint density at radius 3 is 2.52 bits per heavy atom. The number of carbonyl (C=O) groups excluding carboxylic acids is 1. The van der Waals surface area contributed by atoms with Gasteiger partial charge in [0, 0.05) is 25.0 Å². The fourth-order valence-electron chi connectivity index (χ4n) is 3.26. The number of nitrogens with one attached hydrogen (secondary N) is 1. The van der Waals surface area contributed by atoms with Crippen LogP contribution in [-0.4, -0.2) is 47.3 Å². The van der Waals surface area contributed by atoms with Crippen LogP contribution in [0.25, 0.3) is 0 Å². The number of amides is 2. The summed E-state index contributed by atoms with van der Waals surface area (Å²) in [5.41, 5.74) is 0.711. The number of carbonyl (C=O) groups is 2.